The Kier molecular flexibility index (Phi) is 39.1. The first-order valence-corrected chi connectivity index (χ1v) is 27.0. The Balaban J connectivity index is 2.35. The van der Waals surface area contributed by atoms with Gasteiger partial charge in [-0.3, -0.25) is 13.8 Å². The predicted molar refractivity (Wildman–Crippen MR) is 258 cm³/mol. The van der Waals surface area contributed by atoms with E-state index in [4.69, 9.17) is 18.5 Å². The Bertz CT molecular complexity index is 1240. The molecular formula is C51H93O12P. The van der Waals surface area contributed by atoms with Crippen molar-refractivity contribution in [1.82, 2.24) is 0 Å². The third-order valence-electron chi connectivity index (χ3n) is 11.7. The second-order valence-electron chi connectivity index (χ2n) is 17.7. The number of hydrogen-bond donors (Lipinski definition) is 6. The number of unbranched alkanes of at least 4 members (excludes halogenated alkanes) is 23. The van der Waals surface area contributed by atoms with Crippen molar-refractivity contribution in [1.29, 1.82) is 0 Å². The van der Waals surface area contributed by atoms with Gasteiger partial charge in [-0.1, -0.05) is 172 Å². The monoisotopic (exact) mass is 929 g/mol. The van der Waals surface area contributed by atoms with Gasteiger partial charge < -0.3 is 39.9 Å². The molecule has 0 aromatic heterocycles. The second-order valence-corrected chi connectivity index (χ2v) is 19.1. The van der Waals surface area contributed by atoms with Crippen molar-refractivity contribution in [3.8, 4) is 0 Å². The summed E-state index contributed by atoms with van der Waals surface area (Å²) in [5.41, 5.74) is 0. The van der Waals surface area contributed by atoms with Crippen LogP contribution in [0, 0.1) is 0 Å². The molecule has 0 heterocycles. The largest absolute Gasteiger partial charge is 0.472 e. The maximum absolute atomic E-state index is 12.8. The fraction of sp³-hybridized carbons (Fsp3) is 0.824. The standard InChI is InChI=1S/C51H93O12P/c1-3-5-7-9-11-13-15-17-19-20-21-22-23-24-25-27-29-31-33-35-37-39-41-60-42-44(43-61-64(58,59)63-51-49(56)47(54)46(53)48(55)50(51)57)62-45(52)40-38-36-34-32-30-28-26-18-16-14-12-10-8-6-4-2/h15,17-18,20-21,23-24,26,44,46-51,53-57H,3-14,16,19,22,25,27-43H2,1-2H3,(H,58,59)/b17-15-,21-20-,24-23-,26-18-. The van der Waals surface area contributed by atoms with Gasteiger partial charge in [0.1, 0.15) is 42.7 Å². The van der Waals surface area contributed by atoms with E-state index < -0.39 is 63.1 Å². The van der Waals surface area contributed by atoms with E-state index >= 15 is 0 Å². The van der Waals surface area contributed by atoms with Crippen LogP contribution in [0.4, 0.5) is 0 Å². The molecule has 64 heavy (non-hydrogen) atoms. The number of esters is 1. The minimum atomic E-state index is -5.03. The van der Waals surface area contributed by atoms with Crippen LogP contribution in [0.3, 0.4) is 0 Å². The van der Waals surface area contributed by atoms with Gasteiger partial charge in [0, 0.05) is 13.0 Å². The molecule has 374 valence electrons. The van der Waals surface area contributed by atoms with Gasteiger partial charge in [0.25, 0.3) is 0 Å². The molecule has 0 aromatic rings. The lowest BCUT2D eigenvalue weighted by molar-refractivity contribution is -0.220. The maximum Gasteiger partial charge on any atom is 0.472 e. The van der Waals surface area contributed by atoms with Crippen LogP contribution in [0.25, 0.3) is 0 Å². The maximum atomic E-state index is 12.8. The lowest BCUT2D eigenvalue weighted by atomic mass is 9.85. The number of ether oxygens (including phenoxy) is 2. The van der Waals surface area contributed by atoms with Crippen LogP contribution in [0.2, 0.25) is 0 Å². The van der Waals surface area contributed by atoms with Crippen LogP contribution in [0.5, 0.6) is 0 Å². The van der Waals surface area contributed by atoms with Crippen molar-refractivity contribution in [3.63, 3.8) is 0 Å². The normalized spacial score (nSPS) is 22.1. The molecule has 0 saturated heterocycles. The predicted octanol–water partition coefficient (Wildman–Crippen LogP) is 11.2. The van der Waals surface area contributed by atoms with Crippen LogP contribution in [-0.2, 0) is 27.9 Å². The molecule has 1 aliphatic rings. The summed E-state index contributed by atoms with van der Waals surface area (Å²) in [6, 6.07) is 0. The van der Waals surface area contributed by atoms with Crippen LogP contribution < -0.4 is 0 Å². The number of phosphoric ester groups is 1. The summed E-state index contributed by atoms with van der Waals surface area (Å²) in [6.45, 7) is 4.22. The number of hydrogen-bond acceptors (Lipinski definition) is 11. The summed E-state index contributed by atoms with van der Waals surface area (Å²) in [4.78, 5) is 23.2. The summed E-state index contributed by atoms with van der Waals surface area (Å²) in [5.74, 6) is -0.490. The molecule has 12 nitrogen and oxygen atoms in total. The number of rotatable bonds is 43. The molecule has 0 aromatic carbocycles. The van der Waals surface area contributed by atoms with Crippen LogP contribution in [0.1, 0.15) is 206 Å². The second kappa shape index (κ2) is 41.5. The minimum absolute atomic E-state index is 0.0873. The van der Waals surface area contributed by atoms with E-state index in [-0.39, 0.29) is 13.0 Å². The molecule has 1 aliphatic carbocycles. The Morgan fingerprint density at radius 3 is 1.34 bits per heavy atom. The van der Waals surface area contributed by atoms with Gasteiger partial charge >= 0.3 is 13.8 Å². The molecule has 1 fully saturated rings. The highest BCUT2D eigenvalue weighted by Crippen LogP contribution is 2.47. The number of allylic oxidation sites excluding steroid dienone is 8. The Morgan fingerprint density at radius 2 is 0.875 bits per heavy atom. The van der Waals surface area contributed by atoms with Gasteiger partial charge in [-0.2, -0.15) is 0 Å². The zero-order valence-electron chi connectivity index (χ0n) is 40.1. The van der Waals surface area contributed by atoms with Gasteiger partial charge in [0.15, 0.2) is 0 Å². The number of aliphatic hydroxyl groups is 5. The van der Waals surface area contributed by atoms with Crippen LogP contribution in [-0.4, -0.2) is 98.9 Å². The molecule has 0 amide bonds. The molecule has 0 bridgehead atoms. The van der Waals surface area contributed by atoms with Crippen molar-refractivity contribution < 1.29 is 58.3 Å². The molecule has 0 radical (unpaired) electrons. The van der Waals surface area contributed by atoms with E-state index in [1.54, 1.807) is 0 Å². The van der Waals surface area contributed by atoms with E-state index in [0.717, 1.165) is 83.5 Å². The molecule has 6 unspecified atom stereocenters. The molecule has 13 heteroatoms. The first-order chi connectivity index (χ1) is 31.0. The van der Waals surface area contributed by atoms with Crippen molar-refractivity contribution in [2.24, 2.45) is 0 Å². The van der Waals surface area contributed by atoms with E-state index in [1.807, 2.05) is 0 Å². The Morgan fingerprint density at radius 1 is 0.500 bits per heavy atom. The van der Waals surface area contributed by atoms with Crippen LogP contribution >= 0.6 is 7.82 Å². The molecule has 0 spiro atoms. The number of carbonyl (C=O) groups is 1. The van der Waals surface area contributed by atoms with Crippen molar-refractivity contribution in [2.75, 3.05) is 19.8 Å². The van der Waals surface area contributed by atoms with Gasteiger partial charge in [-0.15, -0.1) is 0 Å². The fourth-order valence-corrected chi connectivity index (χ4v) is 8.57. The average Bonchev–Trinajstić information content (AvgIpc) is 3.28. The Hall–Kier alpha value is -1.70. The molecule has 6 N–H and O–H groups in total. The van der Waals surface area contributed by atoms with Crippen LogP contribution in [0.15, 0.2) is 48.6 Å². The highest BCUT2D eigenvalue weighted by molar-refractivity contribution is 7.47. The summed E-state index contributed by atoms with van der Waals surface area (Å²) in [5, 5.41) is 50.3. The first-order valence-electron chi connectivity index (χ1n) is 25.5. The Labute approximate surface area is 388 Å². The van der Waals surface area contributed by atoms with Gasteiger partial charge in [-0.25, -0.2) is 4.57 Å². The summed E-state index contributed by atoms with van der Waals surface area (Å²) in [6.07, 6.45) is 38.9. The number of aliphatic hydroxyl groups excluding tert-OH is 5. The van der Waals surface area contributed by atoms with E-state index in [1.165, 1.54) is 96.3 Å². The summed E-state index contributed by atoms with van der Waals surface area (Å²) >= 11 is 0. The third-order valence-corrected chi connectivity index (χ3v) is 12.7. The zero-order chi connectivity index (χ0) is 46.9. The molecular weight excluding hydrogens is 836 g/mol. The van der Waals surface area contributed by atoms with E-state index in [2.05, 4.69) is 62.5 Å². The van der Waals surface area contributed by atoms with E-state index in [9.17, 15) is 39.8 Å². The van der Waals surface area contributed by atoms with Crippen molar-refractivity contribution >= 4 is 13.8 Å². The third kappa shape index (κ3) is 32.9. The smallest absolute Gasteiger partial charge is 0.457 e. The molecule has 0 aliphatic heterocycles. The fourth-order valence-electron chi connectivity index (χ4n) is 7.59. The van der Waals surface area contributed by atoms with Crippen molar-refractivity contribution in [3.05, 3.63) is 48.6 Å². The summed E-state index contributed by atoms with van der Waals surface area (Å²) in [7, 11) is -5.03. The zero-order valence-corrected chi connectivity index (χ0v) is 41.0. The topological polar surface area (TPSA) is 192 Å². The molecule has 1 rings (SSSR count). The van der Waals surface area contributed by atoms with Gasteiger partial charge in [-0.05, 0) is 77.0 Å². The highest BCUT2D eigenvalue weighted by Gasteiger charge is 2.51. The lowest BCUT2D eigenvalue weighted by Crippen LogP contribution is -2.64. The first kappa shape index (κ1) is 60.3. The highest BCUT2D eigenvalue weighted by atomic mass is 31.2. The molecule has 6 atom stereocenters. The molecule has 1 saturated carbocycles. The quantitative estimate of drug-likeness (QED) is 0.0147. The van der Waals surface area contributed by atoms with E-state index in [0.29, 0.717) is 13.0 Å². The SMILES string of the molecule is CCCCCCC/C=C\C/C=C\C/C=C\CCCCCCCCCOCC(COP(=O)(O)OC1C(O)C(O)C(O)C(O)C1O)OC(=O)CCCCCCC/C=C\CCCCCCCC. The number of phosphoric acid groups is 1. The van der Waals surface area contributed by atoms with Gasteiger partial charge in [0.05, 0.1) is 13.2 Å². The minimum Gasteiger partial charge on any atom is -0.457 e. The average molecular weight is 929 g/mol. The van der Waals surface area contributed by atoms with Crippen molar-refractivity contribution in [2.45, 2.75) is 249 Å². The lowest BCUT2D eigenvalue weighted by Gasteiger charge is -2.41. The summed E-state index contributed by atoms with van der Waals surface area (Å²) < 4.78 is 34.3. The number of carbonyl (C=O) groups excluding carboxylic acids is 1. The van der Waals surface area contributed by atoms with Gasteiger partial charge in [0.2, 0.25) is 0 Å².